The predicted octanol–water partition coefficient (Wildman–Crippen LogP) is 4.70. The minimum atomic E-state index is -0.540. The summed E-state index contributed by atoms with van der Waals surface area (Å²) >= 11 is 15.3. The molecule has 0 aromatic heterocycles. The second kappa shape index (κ2) is 6.48. The molecule has 0 atom stereocenters. The normalized spacial score (nSPS) is 10.3. The van der Waals surface area contributed by atoms with Gasteiger partial charge >= 0.3 is 5.97 Å². The van der Waals surface area contributed by atoms with Crippen LogP contribution >= 0.6 is 39.1 Å². The van der Waals surface area contributed by atoms with Gasteiger partial charge in [-0.25, -0.2) is 4.79 Å². The summed E-state index contributed by atoms with van der Waals surface area (Å²) in [5.74, 6) is -0.540. The fraction of sp³-hybridized carbons (Fsp3) is 0.0714. The summed E-state index contributed by atoms with van der Waals surface area (Å²) in [5, 5.41) is 0.713. The van der Waals surface area contributed by atoms with E-state index in [0.717, 1.165) is 4.47 Å². The summed E-state index contributed by atoms with van der Waals surface area (Å²) in [5.41, 5.74) is 6.92. The van der Waals surface area contributed by atoms with Crippen LogP contribution < -0.4 is 5.73 Å². The van der Waals surface area contributed by atoms with Crippen molar-refractivity contribution in [2.45, 2.75) is 6.61 Å². The summed E-state index contributed by atoms with van der Waals surface area (Å²) in [4.78, 5) is 12.0. The van der Waals surface area contributed by atoms with Crippen molar-refractivity contribution < 1.29 is 9.53 Å². The lowest BCUT2D eigenvalue weighted by molar-refractivity contribution is 0.0473. The van der Waals surface area contributed by atoms with Crippen molar-refractivity contribution in [2.75, 3.05) is 5.73 Å². The van der Waals surface area contributed by atoms with Gasteiger partial charge in [0.1, 0.15) is 6.61 Å². The Kier molecular flexibility index (Phi) is 4.91. The fourth-order valence-corrected chi connectivity index (χ4v) is 2.50. The topological polar surface area (TPSA) is 52.3 Å². The van der Waals surface area contributed by atoms with Gasteiger partial charge < -0.3 is 10.5 Å². The largest absolute Gasteiger partial charge is 0.457 e. The van der Waals surface area contributed by atoms with Gasteiger partial charge in [0.15, 0.2) is 0 Å². The van der Waals surface area contributed by atoms with E-state index in [1.54, 1.807) is 30.3 Å². The highest BCUT2D eigenvalue weighted by Crippen LogP contribution is 2.25. The minimum absolute atomic E-state index is 0.0656. The van der Waals surface area contributed by atoms with Crippen LogP contribution in [0.1, 0.15) is 15.9 Å². The van der Waals surface area contributed by atoms with Crippen molar-refractivity contribution in [2.24, 2.45) is 0 Å². The van der Waals surface area contributed by atoms with Crippen LogP contribution in [0.3, 0.4) is 0 Å². The van der Waals surface area contributed by atoms with Crippen molar-refractivity contribution in [1.82, 2.24) is 0 Å². The van der Waals surface area contributed by atoms with Crippen LogP contribution in [0.2, 0.25) is 10.0 Å². The molecule has 0 aliphatic carbocycles. The number of ether oxygens (including phenoxy) is 1. The zero-order chi connectivity index (χ0) is 14.7. The van der Waals surface area contributed by atoms with Gasteiger partial charge in [0, 0.05) is 15.1 Å². The van der Waals surface area contributed by atoms with Crippen LogP contribution in [-0.2, 0) is 11.3 Å². The van der Waals surface area contributed by atoms with Crippen LogP contribution in [0.5, 0.6) is 0 Å². The van der Waals surface area contributed by atoms with E-state index in [0.29, 0.717) is 16.3 Å². The summed E-state index contributed by atoms with van der Waals surface area (Å²) in [6.45, 7) is 0.0656. The van der Waals surface area contributed by atoms with Gasteiger partial charge in [-0.05, 0) is 24.3 Å². The molecule has 2 aromatic carbocycles. The molecule has 6 heteroatoms. The van der Waals surface area contributed by atoms with Gasteiger partial charge in [-0.2, -0.15) is 0 Å². The Bertz CT molecular complexity index is 662. The van der Waals surface area contributed by atoms with E-state index in [1.807, 2.05) is 6.07 Å². The van der Waals surface area contributed by atoms with Gasteiger partial charge in [-0.1, -0.05) is 51.3 Å². The van der Waals surface area contributed by atoms with E-state index < -0.39 is 5.97 Å². The number of hydrogen-bond acceptors (Lipinski definition) is 3. The maximum Gasteiger partial charge on any atom is 0.340 e. The van der Waals surface area contributed by atoms with Gasteiger partial charge in [0.2, 0.25) is 0 Å². The number of carbonyl (C=O) groups excluding carboxylic acids is 1. The van der Waals surface area contributed by atoms with Crippen molar-refractivity contribution in [1.29, 1.82) is 0 Å². The smallest absolute Gasteiger partial charge is 0.340 e. The number of nitrogens with two attached hydrogens (primary N) is 1. The summed E-state index contributed by atoms with van der Waals surface area (Å²) in [7, 11) is 0. The summed E-state index contributed by atoms with van der Waals surface area (Å²) in [6, 6.07) is 10.2. The number of halogens is 3. The molecule has 0 unspecified atom stereocenters. The molecule has 0 aliphatic rings. The molecule has 0 saturated carbocycles. The second-order valence-electron chi connectivity index (χ2n) is 4.02. The molecule has 2 N–H and O–H groups in total. The Balaban J connectivity index is 2.11. The molecule has 0 bridgehead atoms. The molecule has 0 saturated heterocycles. The summed E-state index contributed by atoms with van der Waals surface area (Å²) < 4.78 is 6.05. The third kappa shape index (κ3) is 3.45. The minimum Gasteiger partial charge on any atom is -0.457 e. The lowest BCUT2D eigenvalue weighted by Crippen LogP contribution is -2.07. The Morgan fingerprint density at radius 2 is 2.00 bits per heavy atom. The molecule has 0 radical (unpaired) electrons. The monoisotopic (exact) mass is 373 g/mol. The van der Waals surface area contributed by atoms with Crippen molar-refractivity contribution >= 4 is 50.8 Å². The first kappa shape index (κ1) is 15.2. The Hall–Kier alpha value is -1.23. The number of carbonyl (C=O) groups is 1. The number of rotatable bonds is 3. The molecule has 2 aromatic rings. The fourth-order valence-electron chi connectivity index (χ4n) is 1.57. The van der Waals surface area contributed by atoms with Crippen LogP contribution in [0, 0.1) is 0 Å². The maximum absolute atomic E-state index is 12.0. The molecule has 0 spiro atoms. The highest BCUT2D eigenvalue weighted by molar-refractivity contribution is 9.10. The van der Waals surface area contributed by atoms with Crippen molar-refractivity contribution in [3.05, 3.63) is 62.0 Å². The molecule has 0 heterocycles. The lowest BCUT2D eigenvalue weighted by atomic mass is 10.2. The summed E-state index contributed by atoms with van der Waals surface area (Å²) in [6.07, 6.45) is 0. The Morgan fingerprint density at radius 1 is 1.25 bits per heavy atom. The average Bonchev–Trinajstić information content (AvgIpc) is 2.40. The number of esters is 1. The molecular weight excluding hydrogens is 365 g/mol. The van der Waals surface area contributed by atoms with Crippen LogP contribution in [-0.4, -0.2) is 5.97 Å². The van der Waals surface area contributed by atoms with Crippen LogP contribution in [0.4, 0.5) is 5.69 Å². The van der Waals surface area contributed by atoms with Crippen LogP contribution in [0.15, 0.2) is 40.9 Å². The zero-order valence-electron chi connectivity index (χ0n) is 10.2. The van der Waals surface area contributed by atoms with Gasteiger partial charge in [0.25, 0.3) is 0 Å². The van der Waals surface area contributed by atoms with E-state index in [-0.39, 0.29) is 17.2 Å². The van der Waals surface area contributed by atoms with Crippen molar-refractivity contribution in [3.63, 3.8) is 0 Å². The first-order chi connectivity index (χ1) is 9.49. The molecule has 20 heavy (non-hydrogen) atoms. The molecule has 3 nitrogen and oxygen atoms in total. The van der Waals surface area contributed by atoms with Crippen LogP contribution in [0.25, 0.3) is 0 Å². The molecule has 104 valence electrons. The Labute approximate surface area is 134 Å². The van der Waals surface area contributed by atoms with E-state index >= 15 is 0 Å². The van der Waals surface area contributed by atoms with E-state index in [1.165, 1.54) is 0 Å². The average molecular weight is 375 g/mol. The standard InChI is InChI=1S/C14H10BrCl2NO2/c15-9-5-4-8(11(16)6-9)7-20-14(19)10-2-1-3-12(18)13(10)17/h1-6H,7,18H2. The number of anilines is 1. The highest BCUT2D eigenvalue weighted by Gasteiger charge is 2.14. The van der Waals surface area contributed by atoms with Crippen molar-refractivity contribution in [3.8, 4) is 0 Å². The first-order valence-corrected chi connectivity index (χ1v) is 7.19. The van der Waals surface area contributed by atoms with E-state index in [4.69, 9.17) is 33.7 Å². The highest BCUT2D eigenvalue weighted by atomic mass is 79.9. The predicted molar refractivity (Wildman–Crippen MR) is 84.1 cm³/mol. The second-order valence-corrected chi connectivity index (χ2v) is 5.72. The van der Waals surface area contributed by atoms with Gasteiger partial charge in [-0.15, -0.1) is 0 Å². The molecule has 0 amide bonds. The third-order valence-corrected chi connectivity index (χ3v) is 3.89. The van der Waals surface area contributed by atoms with E-state index in [9.17, 15) is 4.79 Å². The van der Waals surface area contributed by atoms with E-state index in [2.05, 4.69) is 15.9 Å². The molecule has 2 rings (SSSR count). The maximum atomic E-state index is 12.0. The molecule has 0 aliphatic heterocycles. The lowest BCUT2D eigenvalue weighted by Gasteiger charge is -2.09. The molecule has 0 fully saturated rings. The third-order valence-electron chi connectivity index (χ3n) is 2.62. The number of benzene rings is 2. The zero-order valence-corrected chi connectivity index (χ0v) is 13.3. The number of hydrogen-bond donors (Lipinski definition) is 1. The quantitative estimate of drug-likeness (QED) is 0.626. The van der Waals surface area contributed by atoms with Gasteiger partial charge in [-0.3, -0.25) is 0 Å². The Morgan fingerprint density at radius 3 is 2.70 bits per heavy atom. The van der Waals surface area contributed by atoms with Gasteiger partial charge in [0.05, 0.1) is 16.3 Å². The first-order valence-electron chi connectivity index (χ1n) is 5.64. The molecular formula is C14H10BrCl2NO2. The SMILES string of the molecule is Nc1cccc(C(=O)OCc2ccc(Br)cc2Cl)c1Cl. The number of nitrogen functional groups attached to an aromatic ring is 1.